The molecule has 0 radical (unpaired) electrons. The zero-order chi connectivity index (χ0) is 15.1. The summed E-state index contributed by atoms with van der Waals surface area (Å²) in [5, 5.41) is 13.1. The van der Waals surface area contributed by atoms with Gasteiger partial charge in [-0.1, -0.05) is 25.7 Å². The summed E-state index contributed by atoms with van der Waals surface area (Å²) in [6, 6.07) is 0. The molecular weight excluding hydrogens is 256 g/mol. The van der Waals surface area contributed by atoms with Gasteiger partial charge < -0.3 is 20.9 Å². The van der Waals surface area contributed by atoms with Crippen molar-refractivity contribution in [2.45, 2.75) is 57.5 Å². The number of carbonyl (C=O) groups is 1. The molecule has 1 aliphatic carbocycles. The molecule has 1 saturated carbocycles. The third-order valence-electron chi connectivity index (χ3n) is 4.41. The number of carbonyl (C=O) groups excluding carboxylic acids is 1. The lowest BCUT2D eigenvalue weighted by molar-refractivity contribution is -0.132. The smallest absolute Gasteiger partial charge is 0.227 e. The molecule has 0 aromatic rings. The third kappa shape index (κ3) is 5.04. The fourth-order valence-corrected chi connectivity index (χ4v) is 2.80. The van der Waals surface area contributed by atoms with Gasteiger partial charge in [-0.25, -0.2) is 0 Å². The molecule has 5 heteroatoms. The highest BCUT2D eigenvalue weighted by molar-refractivity contribution is 5.83. The highest BCUT2D eigenvalue weighted by Gasteiger charge is 2.37. The molecule has 1 amide bonds. The number of methoxy groups -OCH3 is 1. The van der Waals surface area contributed by atoms with Gasteiger partial charge in [0.15, 0.2) is 0 Å². The van der Waals surface area contributed by atoms with Gasteiger partial charge in [0.2, 0.25) is 5.91 Å². The van der Waals surface area contributed by atoms with Gasteiger partial charge in [-0.2, -0.15) is 0 Å². The van der Waals surface area contributed by atoms with Crippen molar-refractivity contribution in [1.29, 1.82) is 0 Å². The Morgan fingerprint density at radius 3 is 2.45 bits per heavy atom. The molecule has 1 aliphatic rings. The quantitative estimate of drug-likeness (QED) is 0.614. The Kier molecular flexibility index (Phi) is 6.92. The van der Waals surface area contributed by atoms with Crippen LogP contribution in [0, 0.1) is 5.41 Å². The normalized spacial score (nSPS) is 21.8. The number of hydrogen-bond donors (Lipinski definition) is 3. The molecule has 0 aliphatic heterocycles. The first-order valence-electron chi connectivity index (χ1n) is 7.65. The van der Waals surface area contributed by atoms with Crippen LogP contribution in [0.2, 0.25) is 0 Å². The maximum Gasteiger partial charge on any atom is 0.227 e. The average Bonchev–Trinajstić information content (AvgIpc) is 2.69. The second-order valence-corrected chi connectivity index (χ2v) is 6.32. The minimum Gasteiger partial charge on any atom is -0.388 e. The number of aliphatic hydroxyl groups is 1. The second-order valence-electron chi connectivity index (χ2n) is 6.32. The molecule has 0 spiro atoms. The van der Waals surface area contributed by atoms with Crippen molar-refractivity contribution >= 4 is 5.91 Å². The van der Waals surface area contributed by atoms with Crippen molar-refractivity contribution in [1.82, 2.24) is 5.32 Å². The summed E-state index contributed by atoms with van der Waals surface area (Å²) in [6.07, 6.45) is 6.70. The first-order chi connectivity index (χ1) is 9.46. The van der Waals surface area contributed by atoms with Crippen LogP contribution in [-0.4, -0.2) is 43.4 Å². The predicted octanol–water partition coefficient (Wildman–Crippen LogP) is 1.19. The van der Waals surface area contributed by atoms with Crippen molar-refractivity contribution < 1.29 is 14.6 Å². The van der Waals surface area contributed by atoms with E-state index in [1.165, 1.54) is 12.8 Å². The van der Waals surface area contributed by atoms with E-state index in [2.05, 4.69) is 5.32 Å². The first-order valence-corrected chi connectivity index (χ1v) is 7.65. The molecule has 4 N–H and O–H groups in total. The Balaban J connectivity index is 2.54. The van der Waals surface area contributed by atoms with E-state index in [1.54, 1.807) is 14.0 Å². The monoisotopic (exact) mass is 286 g/mol. The van der Waals surface area contributed by atoms with E-state index in [1.807, 2.05) is 0 Å². The molecule has 20 heavy (non-hydrogen) atoms. The van der Waals surface area contributed by atoms with Crippen LogP contribution in [0.5, 0.6) is 0 Å². The highest BCUT2D eigenvalue weighted by Crippen LogP contribution is 2.34. The molecule has 0 aromatic carbocycles. The van der Waals surface area contributed by atoms with E-state index >= 15 is 0 Å². The van der Waals surface area contributed by atoms with Crippen LogP contribution in [0.3, 0.4) is 0 Å². The molecule has 1 rings (SSSR count). The Bertz CT molecular complexity index is 297. The molecule has 0 aromatic heterocycles. The summed E-state index contributed by atoms with van der Waals surface area (Å²) in [4.78, 5) is 12.5. The standard InChI is InChI=1S/C15H30N2O3/c1-14(19,9-10-20-2)12-17-13(18)15(11-16)7-5-3-4-6-8-15/h19H,3-12,16H2,1-2H3,(H,17,18). The van der Waals surface area contributed by atoms with Gasteiger partial charge >= 0.3 is 0 Å². The molecule has 0 heterocycles. The van der Waals surface area contributed by atoms with E-state index in [0.29, 0.717) is 19.6 Å². The molecule has 118 valence electrons. The number of rotatable bonds is 7. The lowest BCUT2D eigenvalue weighted by Gasteiger charge is -2.32. The lowest BCUT2D eigenvalue weighted by Crippen LogP contribution is -2.50. The number of amides is 1. The number of hydrogen-bond acceptors (Lipinski definition) is 4. The largest absolute Gasteiger partial charge is 0.388 e. The summed E-state index contributed by atoms with van der Waals surface area (Å²) < 4.78 is 4.97. The first kappa shape index (κ1) is 17.4. The van der Waals surface area contributed by atoms with Crippen molar-refractivity contribution in [2.24, 2.45) is 11.1 Å². The van der Waals surface area contributed by atoms with E-state index in [-0.39, 0.29) is 12.5 Å². The Morgan fingerprint density at radius 1 is 1.35 bits per heavy atom. The summed E-state index contributed by atoms with van der Waals surface area (Å²) >= 11 is 0. The fourth-order valence-electron chi connectivity index (χ4n) is 2.80. The number of ether oxygens (including phenoxy) is 1. The van der Waals surface area contributed by atoms with Crippen LogP contribution in [0.1, 0.15) is 51.9 Å². The molecular formula is C15H30N2O3. The van der Waals surface area contributed by atoms with Gasteiger partial charge in [-0.3, -0.25) is 4.79 Å². The molecule has 1 fully saturated rings. The lowest BCUT2D eigenvalue weighted by atomic mass is 9.79. The minimum absolute atomic E-state index is 0.000378. The van der Waals surface area contributed by atoms with Crippen molar-refractivity contribution in [3.63, 3.8) is 0 Å². The minimum atomic E-state index is -0.938. The van der Waals surface area contributed by atoms with Crippen molar-refractivity contribution in [2.75, 3.05) is 26.8 Å². The van der Waals surface area contributed by atoms with Gasteiger partial charge in [0.1, 0.15) is 0 Å². The maximum atomic E-state index is 12.5. The van der Waals surface area contributed by atoms with Crippen molar-refractivity contribution in [3.8, 4) is 0 Å². The molecule has 1 atom stereocenters. The molecule has 0 bridgehead atoms. The maximum absolute atomic E-state index is 12.5. The van der Waals surface area contributed by atoms with E-state index in [4.69, 9.17) is 10.5 Å². The van der Waals surface area contributed by atoms with Crippen molar-refractivity contribution in [3.05, 3.63) is 0 Å². The van der Waals surface area contributed by atoms with E-state index in [9.17, 15) is 9.90 Å². The highest BCUT2D eigenvalue weighted by atomic mass is 16.5. The van der Waals surface area contributed by atoms with Gasteiger partial charge in [0.25, 0.3) is 0 Å². The number of nitrogens with one attached hydrogen (secondary N) is 1. The van der Waals surface area contributed by atoms with Crippen LogP contribution < -0.4 is 11.1 Å². The predicted molar refractivity (Wildman–Crippen MR) is 79.3 cm³/mol. The van der Waals surface area contributed by atoms with Gasteiger partial charge in [0.05, 0.1) is 11.0 Å². The average molecular weight is 286 g/mol. The van der Waals surface area contributed by atoms with Crippen LogP contribution in [0.25, 0.3) is 0 Å². The zero-order valence-corrected chi connectivity index (χ0v) is 12.9. The summed E-state index contributed by atoms with van der Waals surface area (Å²) in [6.45, 7) is 2.83. The topological polar surface area (TPSA) is 84.6 Å². The van der Waals surface area contributed by atoms with E-state index < -0.39 is 11.0 Å². The molecule has 5 nitrogen and oxygen atoms in total. The van der Waals surface area contributed by atoms with Crippen LogP contribution in [-0.2, 0) is 9.53 Å². The van der Waals surface area contributed by atoms with E-state index in [0.717, 1.165) is 25.7 Å². The molecule has 0 saturated heterocycles. The van der Waals surface area contributed by atoms with Crippen LogP contribution in [0.15, 0.2) is 0 Å². The Morgan fingerprint density at radius 2 is 1.95 bits per heavy atom. The van der Waals surface area contributed by atoms with Gasteiger partial charge in [0, 0.05) is 33.2 Å². The summed E-state index contributed by atoms with van der Waals surface area (Å²) in [5.41, 5.74) is 4.51. The van der Waals surface area contributed by atoms with Gasteiger partial charge in [-0.05, 0) is 19.8 Å². The summed E-state index contributed by atoms with van der Waals surface area (Å²) in [7, 11) is 1.60. The fraction of sp³-hybridized carbons (Fsp3) is 0.933. The third-order valence-corrected chi connectivity index (χ3v) is 4.41. The molecule has 1 unspecified atom stereocenters. The zero-order valence-electron chi connectivity index (χ0n) is 12.9. The second kappa shape index (κ2) is 7.96. The van der Waals surface area contributed by atoms with Gasteiger partial charge in [-0.15, -0.1) is 0 Å². The van der Waals surface area contributed by atoms with Crippen LogP contribution in [0.4, 0.5) is 0 Å². The number of nitrogens with two attached hydrogens (primary N) is 1. The summed E-state index contributed by atoms with van der Waals surface area (Å²) in [5.74, 6) is -0.000378. The Hall–Kier alpha value is -0.650. The van der Waals surface area contributed by atoms with Crippen LogP contribution >= 0.6 is 0 Å². The Labute approximate surface area is 122 Å². The SMILES string of the molecule is COCCC(C)(O)CNC(=O)C1(CN)CCCCCC1.